The SMILES string of the molecule is CN(CS(=O)(=O)O)c1cccc(C(=O)O)c1. The fourth-order valence-corrected chi connectivity index (χ4v) is 1.83. The molecule has 0 aliphatic rings. The number of nitrogens with zero attached hydrogens (tertiary/aromatic N) is 1. The zero-order valence-corrected chi connectivity index (χ0v) is 9.31. The Morgan fingerprint density at radius 3 is 2.56 bits per heavy atom. The van der Waals surface area contributed by atoms with Crippen LogP contribution in [-0.4, -0.2) is 37.0 Å². The van der Waals surface area contributed by atoms with Crippen molar-refractivity contribution in [2.24, 2.45) is 0 Å². The molecule has 0 aliphatic heterocycles. The molecule has 0 aliphatic carbocycles. The molecule has 0 saturated heterocycles. The number of aromatic carboxylic acids is 1. The number of anilines is 1. The molecule has 0 saturated carbocycles. The van der Waals surface area contributed by atoms with Gasteiger partial charge in [-0.2, -0.15) is 8.42 Å². The summed E-state index contributed by atoms with van der Waals surface area (Å²) in [5.74, 6) is -1.68. The van der Waals surface area contributed by atoms with Crippen molar-refractivity contribution in [3.05, 3.63) is 29.8 Å². The lowest BCUT2D eigenvalue weighted by Gasteiger charge is -2.17. The van der Waals surface area contributed by atoms with Gasteiger partial charge in [0.15, 0.2) is 0 Å². The summed E-state index contributed by atoms with van der Waals surface area (Å²) >= 11 is 0. The Morgan fingerprint density at radius 2 is 2.06 bits per heavy atom. The molecular weight excluding hydrogens is 234 g/mol. The molecule has 88 valence electrons. The second-order valence-corrected chi connectivity index (χ2v) is 4.69. The Labute approximate surface area is 92.9 Å². The molecule has 0 heterocycles. The van der Waals surface area contributed by atoms with Crippen LogP contribution in [0.5, 0.6) is 0 Å². The Morgan fingerprint density at radius 1 is 1.44 bits per heavy atom. The highest BCUT2D eigenvalue weighted by Gasteiger charge is 2.11. The molecule has 16 heavy (non-hydrogen) atoms. The van der Waals surface area contributed by atoms with Crippen molar-refractivity contribution in [2.75, 3.05) is 17.8 Å². The lowest BCUT2D eigenvalue weighted by atomic mass is 10.2. The fraction of sp³-hybridized carbons (Fsp3) is 0.222. The van der Waals surface area contributed by atoms with Crippen molar-refractivity contribution < 1.29 is 22.9 Å². The molecule has 0 spiro atoms. The van der Waals surface area contributed by atoms with E-state index in [0.29, 0.717) is 5.69 Å². The lowest BCUT2D eigenvalue weighted by molar-refractivity contribution is 0.0697. The second kappa shape index (κ2) is 4.50. The van der Waals surface area contributed by atoms with Crippen molar-refractivity contribution in [1.82, 2.24) is 0 Å². The molecule has 0 aromatic heterocycles. The van der Waals surface area contributed by atoms with Crippen LogP contribution in [0.1, 0.15) is 10.4 Å². The van der Waals surface area contributed by atoms with E-state index in [4.69, 9.17) is 9.66 Å². The van der Waals surface area contributed by atoms with Gasteiger partial charge in [-0.25, -0.2) is 4.79 Å². The maximum Gasteiger partial charge on any atom is 0.335 e. The first-order chi connectivity index (χ1) is 7.29. The zero-order chi connectivity index (χ0) is 12.3. The molecule has 0 fully saturated rings. The lowest BCUT2D eigenvalue weighted by Crippen LogP contribution is -2.25. The van der Waals surface area contributed by atoms with Crippen molar-refractivity contribution in [3.8, 4) is 0 Å². The van der Waals surface area contributed by atoms with E-state index in [0.717, 1.165) is 0 Å². The van der Waals surface area contributed by atoms with Crippen molar-refractivity contribution in [1.29, 1.82) is 0 Å². The van der Waals surface area contributed by atoms with Gasteiger partial charge in [0.25, 0.3) is 10.1 Å². The molecule has 7 heteroatoms. The van der Waals surface area contributed by atoms with E-state index in [2.05, 4.69) is 0 Å². The van der Waals surface area contributed by atoms with Gasteiger partial charge in [-0.15, -0.1) is 0 Å². The number of rotatable bonds is 4. The molecule has 1 aromatic carbocycles. The highest BCUT2D eigenvalue weighted by Crippen LogP contribution is 2.15. The van der Waals surface area contributed by atoms with Gasteiger partial charge in [0, 0.05) is 12.7 Å². The summed E-state index contributed by atoms with van der Waals surface area (Å²) in [6, 6.07) is 5.78. The second-order valence-electron chi connectivity index (χ2n) is 3.26. The smallest absolute Gasteiger partial charge is 0.335 e. The molecule has 0 bridgehead atoms. The Balaban J connectivity index is 2.96. The average molecular weight is 245 g/mol. The number of hydrogen-bond acceptors (Lipinski definition) is 4. The highest BCUT2D eigenvalue weighted by atomic mass is 32.2. The summed E-state index contributed by atoms with van der Waals surface area (Å²) in [7, 11) is -2.69. The summed E-state index contributed by atoms with van der Waals surface area (Å²) in [6.07, 6.45) is 0. The van der Waals surface area contributed by atoms with Crippen LogP contribution < -0.4 is 4.90 Å². The third-order valence-electron chi connectivity index (χ3n) is 1.89. The Bertz CT molecular complexity index is 496. The van der Waals surface area contributed by atoms with E-state index in [-0.39, 0.29) is 5.56 Å². The summed E-state index contributed by atoms with van der Waals surface area (Å²) in [6.45, 7) is 0. The van der Waals surface area contributed by atoms with E-state index in [1.165, 1.54) is 30.1 Å². The van der Waals surface area contributed by atoms with Crippen LogP contribution in [-0.2, 0) is 10.1 Å². The summed E-state index contributed by atoms with van der Waals surface area (Å²) < 4.78 is 29.9. The van der Waals surface area contributed by atoms with Crippen molar-refractivity contribution in [2.45, 2.75) is 0 Å². The van der Waals surface area contributed by atoms with Crippen LogP contribution in [0, 0.1) is 0 Å². The van der Waals surface area contributed by atoms with Gasteiger partial charge in [0.1, 0.15) is 5.88 Å². The highest BCUT2D eigenvalue weighted by molar-refractivity contribution is 7.85. The first-order valence-corrected chi connectivity index (χ1v) is 5.90. The van der Waals surface area contributed by atoms with E-state index >= 15 is 0 Å². The number of carboxylic acid groups (broad SMARTS) is 1. The Kier molecular flexibility index (Phi) is 3.51. The fourth-order valence-electron chi connectivity index (χ4n) is 1.20. The van der Waals surface area contributed by atoms with Gasteiger partial charge in [0.2, 0.25) is 0 Å². The number of hydrogen-bond donors (Lipinski definition) is 2. The van der Waals surface area contributed by atoms with Crippen LogP contribution in [0.3, 0.4) is 0 Å². The first-order valence-electron chi connectivity index (χ1n) is 4.29. The topological polar surface area (TPSA) is 94.9 Å². The van der Waals surface area contributed by atoms with Gasteiger partial charge in [-0.1, -0.05) is 6.07 Å². The van der Waals surface area contributed by atoms with Crippen LogP contribution in [0.2, 0.25) is 0 Å². The zero-order valence-electron chi connectivity index (χ0n) is 8.49. The molecule has 1 aromatic rings. The molecular formula is C9H11NO5S. The molecule has 0 radical (unpaired) electrons. The largest absolute Gasteiger partial charge is 0.478 e. The number of carboxylic acids is 1. The maximum absolute atomic E-state index is 10.7. The van der Waals surface area contributed by atoms with Crippen LogP contribution in [0.25, 0.3) is 0 Å². The molecule has 6 nitrogen and oxygen atoms in total. The molecule has 2 N–H and O–H groups in total. The van der Waals surface area contributed by atoms with E-state index in [1.54, 1.807) is 6.07 Å². The standard InChI is InChI=1S/C9H11NO5S/c1-10(6-16(13,14)15)8-4-2-3-7(5-8)9(11)12/h2-5H,6H2,1H3,(H,11,12)(H,13,14,15). The van der Waals surface area contributed by atoms with Crippen LogP contribution in [0.15, 0.2) is 24.3 Å². The molecule has 0 unspecified atom stereocenters. The van der Waals surface area contributed by atoms with E-state index in [9.17, 15) is 13.2 Å². The van der Waals surface area contributed by atoms with Gasteiger partial charge >= 0.3 is 5.97 Å². The minimum atomic E-state index is -4.13. The minimum absolute atomic E-state index is 0.0553. The van der Waals surface area contributed by atoms with Gasteiger partial charge < -0.3 is 10.0 Å². The van der Waals surface area contributed by atoms with E-state index < -0.39 is 22.0 Å². The molecule has 0 atom stereocenters. The Hall–Kier alpha value is -1.60. The minimum Gasteiger partial charge on any atom is -0.478 e. The van der Waals surface area contributed by atoms with Crippen LogP contribution >= 0.6 is 0 Å². The van der Waals surface area contributed by atoms with Crippen molar-refractivity contribution in [3.63, 3.8) is 0 Å². The maximum atomic E-state index is 10.7. The summed E-state index contributed by atoms with van der Waals surface area (Å²) in [5, 5.41) is 8.74. The van der Waals surface area contributed by atoms with E-state index in [1.807, 2.05) is 0 Å². The van der Waals surface area contributed by atoms with Crippen molar-refractivity contribution >= 4 is 21.8 Å². The number of benzene rings is 1. The van der Waals surface area contributed by atoms with Gasteiger partial charge in [0.05, 0.1) is 5.56 Å². The summed E-state index contributed by atoms with van der Waals surface area (Å²) in [4.78, 5) is 11.9. The average Bonchev–Trinajstić information content (AvgIpc) is 2.15. The third kappa shape index (κ3) is 3.52. The predicted octanol–water partition coefficient (Wildman–Crippen LogP) is 0.666. The van der Waals surface area contributed by atoms with Gasteiger partial charge in [-0.3, -0.25) is 4.55 Å². The monoisotopic (exact) mass is 245 g/mol. The first kappa shape index (κ1) is 12.5. The number of carbonyl (C=O) groups is 1. The quantitative estimate of drug-likeness (QED) is 0.757. The predicted molar refractivity (Wildman–Crippen MR) is 58.2 cm³/mol. The third-order valence-corrected chi connectivity index (χ3v) is 2.60. The molecule has 1 rings (SSSR count). The normalized spacial score (nSPS) is 11.1. The molecule has 0 amide bonds. The van der Waals surface area contributed by atoms with Crippen LogP contribution in [0.4, 0.5) is 5.69 Å². The summed E-state index contributed by atoms with van der Waals surface area (Å²) in [5.41, 5.74) is 0.456. The van der Waals surface area contributed by atoms with Gasteiger partial charge in [-0.05, 0) is 18.2 Å².